The number of hydrogen-bond donors (Lipinski definition) is 2. The van der Waals surface area contributed by atoms with E-state index in [0.29, 0.717) is 10.6 Å². The maximum absolute atomic E-state index is 11.9. The third-order valence-corrected chi connectivity index (χ3v) is 3.00. The van der Waals surface area contributed by atoms with E-state index >= 15 is 0 Å². The monoisotopic (exact) mass is 290 g/mol. The Hall–Kier alpha value is -2.45. The summed E-state index contributed by atoms with van der Waals surface area (Å²) in [5.74, 6) is 1.95. The highest BCUT2D eigenvalue weighted by molar-refractivity contribution is 6.30. The van der Waals surface area contributed by atoms with E-state index in [1.807, 2.05) is 0 Å². The first-order chi connectivity index (χ1) is 9.54. The first-order valence-electron chi connectivity index (χ1n) is 5.80. The Labute approximate surface area is 119 Å². The lowest BCUT2D eigenvalue weighted by atomic mass is 10.1. The molecule has 102 valence electrons. The van der Waals surface area contributed by atoms with Crippen LogP contribution in [0.3, 0.4) is 0 Å². The maximum atomic E-state index is 11.9. The van der Waals surface area contributed by atoms with Crippen molar-refractivity contribution in [1.82, 2.24) is 9.55 Å². The van der Waals surface area contributed by atoms with Crippen LogP contribution < -0.4 is 11.2 Å². The molecular weight excluding hydrogens is 280 g/mol. The summed E-state index contributed by atoms with van der Waals surface area (Å²) < 4.78 is 1.03. The van der Waals surface area contributed by atoms with Crippen LogP contribution in [0.1, 0.15) is 6.42 Å². The van der Waals surface area contributed by atoms with E-state index in [-0.39, 0.29) is 18.5 Å². The number of aromatic nitrogens is 2. The summed E-state index contributed by atoms with van der Waals surface area (Å²) in [7, 11) is 0. The molecule has 0 aliphatic carbocycles. The van der Waals surface area contributed by atoms with Crippen LogP contribution in [0.25, 0.3) is 11.1 Å². The molecule has 0 bridgehead atoms. The highest BCUT2D eigenvalue weighted by atomic mass is 35.5. The van der Waals surface area contributed by atoms with Crippen LogP contribution in [0.5, 0.6) is 5.88 Å². The quantitative estimate of drug-likeness (QED) is 0.843. The van der Waals surface area contributed by atoms with Crippen molar-refractivity contribution in [3.8, 4) is 29.4 Å². The lowest BCUT2D eigenvalue weighted by Gasteiger charge is -2.10. The molecule has 1 aromatic heterocycles. The second-order valence-corrected chi connectivity index (χ2v) is 4.51. The van der Waals surface area contributed by atoms with Gasteiger partial charge < -0.3 is 5.11 Å². The van der Waals surface area contributed by atoms with E-state index in [4.69, 9.17) is 18.0 Å². The zero-order valence-corrected chi connectivity index (χ0v) is 11.1. The van der Waals surface area contributed by atoms with Crippen LogP contribution >= 0.6 is 11.6 Å². The molecule has 6 heteroatoms. The summed E-state index contributed by atoms with van der Waals surface area (Å²) in [6, 6.07) is 6.44. The van der Waals surface area contributed by atoms with Gasteiger partial charge in [-0.15, -0.1) is 12.3 Å². The van der Waals surface area contributed by atoms with Crippen LogP contribution in [0, 0.1) is 12.3 Å². The minimum atomic E-state index is -0.700. The summed E-state index contributed by atoms with van der Waals surface area (Å²) in [6.07, 6.45) is 5.40. The van der Waals surface area contributed by atoms with Crippen LogP contribution in [-0.4, -0.2) is 14.7 Å². The minimum absolute atomic E-state index is 0.0101. The van der Waals surface area contributed by atoms with E-state index < -0.39 is 17.1 Å². The van der Waals surface area contributed by atoms with Crippen LogP contribution in [0.2, 0.25) is 5.02 Å². The van der Waals surface area contributed by atoms with Gasteiger partial charge >= 0.3 is 5.69 Å². The number of aromatic hydroxyl groups is 1. The second kappa shape index (κ2) is 5.68. The Bertz CT molecular complexity index is 799. The number of hydrogen-bond acceptors (Lipinski definition) is 3. The van der Waals surface area contributed by atoms with Crippen molar-refractivity contribution in [3.05, 3.63) is 50.1 Å². The lowest BCUT2D eigenvalue weighted by molar-refractivity contribution is 0.404. The largest absolute Gasteiger partial charge is 0.494 e. The number of terminal acetylenes is 1. The topological polar surface area (TPSA) is 75.1 Å². The molecule has 0 unspecified atom stereocenters. The zero-order valence-electron chi connectivity index (χ0n) is 10.4. The molecule has 0 atom stereocenters. The Balaban J connectivity index is 2.68. The van der Waals surface area contributed by atoms with Crippen molar-refractivity contribution in [3.63, 3.8) is 0 Å². The van der Waals surface area contributed by atoms with Gasteiger partial charge in [0.05, 0.1) is 0 Å². The van der Waals surface area contributed by atoms with Crippen LogP contribution in [-0.2, 0) is 6.54 Å². The van der Waals surface area contributed by atoms with Gasteiger partial charge in [-0.25, -0.2) is 4.79 Å². The number of benzene rings is 1. The molecule has 0 aliphatic heterocycles. The van der Waals surface area contributed by atoms with Crippen molar-refractivity contribution < 1.29 is 5.11 Å². The van der Waals surface area contributed by atoms with Gasteiger partial charge in [0, 0.05) is 18.0 Å². The van der Waals surface area contributed by atoms with E-state index in [1.165, 1.54) is 6.07 Å². The Morgan fingerprint density at radius 1 is 1.40 bits per heavy atom. The molecule has 0 saturated carbocycles. The summed E-state index contributed by atoms with van der Waals surface area (Å²) in [6.45, 7) is 0.117. The predicted molar refractivity (Wildman–Crippen MR) is 76.9 cm³/mol. The molecule has 0 spiro atoms. The lowest BCUT2D eigenvalue weighted by Crippen LogP contribution is -2.31. The number of nitrogens with zero attached hydrogens (tertiary/aromatic N) is 1. The van der Waals surface area contributed by atoms with Gasteiger partial charge in [0.1, 0.15) is 5.56 Å². The van der Waals surface area contributed by atoms with Gasteiger partial charge in [0.2, 0.25) is 5.88 Å². The maximum Gasteiger partial charge on any atom is 0.331 e. The molecule has 2 rings (SSSR count). The van der Waals surface area contributed by atoms with E-state index in [9.17, 15) is 14.7 Å². The molecule has 20 heavy (non-hydrogen) atoms. The summed E-state index contributed by atoms with van der Waals surface area (Å²) in [5.41, 5.74) is -0.963. The molecule has 0 amide bonds. The van der Waals surface area contributed by atoms with E-state index in [0.717, 1.165) is 4.57 Å². The SMILES string of the molecule is C#CCCn1c(O)c(-c2cccc(Cl)c2)c(=O)[nH]c1=O. The minimum Gasteiger partial charge on any atom is -0.494 e. The van der Waals surface area contributed by atoms with Crippen molar-refractivity contribution in [1.29, 1.82) is 0 Å². The summed E-state index contributed by atoms with van der Waals surface area (Å²) >= 11 is 5.87. The van der Waals surface area contributed by atoms with Crippen molar-refractivity contribution in [2.45, 2.75) is 13.0 Å². The fourth-order valence-electron chi connectivity index (χ4n) is 1.85. The fraction of sp³-hybridized carbons (Fsp3) is 0.143. The molecule has 0 fully saturated rings. The van der Waals surface area contributed by atoms with Crippen molar-refractivity contribution >= 4 is 11.6 Å². The highest BCUT2D eigenvalue weighted by Crippen LogP contribution is 2.26. The van der Waals surface area contributed by atoms with Gasteiger partial charge in [0.15, 0.2) is 0 Å². The third-order valence-electron chi connectivity index (χ3n) is 2.76. The van der Waals surface area contributed by atoms with Gasteiger partial charge in [-0.05, 0) is 17.7 Å². The zero-order chi connectivity index (χ0) is 14.7. The standard InChI is InChI=1S/C14H11ClN2O3/c1-2-3-7-17-13(19)11(12(18)16-14(17)20)9-5-4-6-10(15)8-9/h1,4-6,8,19H,3,7H2,(H,16,18,20). The van der Waals surface area contributed by atoms with Crippen molar-refractivity contribution in [2.75, 3.05) is 0 Å². The van der Waals surface area contributed by atoms with Gasteiger partial charge in [0.25, 0.3) is 5.56 Å². The Kier molecular flexibility index (Phi) is 3.97. The molecule has 0 aliphatic rings. The number of halogens is 1. The number of nitrogens with one attached hydrogen (secondary N) is 1. The molecule has 5 nitrogen and oxygen atoms in total. The van der Waals surface area contributed by atoms with Crippen LogP contribution in [0.4, 0.5) is 0 Å². The van der Waals surface area contributed by atoms with Crippen LogP contribution in [0.15, 0.2) is 33.9 Å². The normalized spacial score (nSPS) is 10.2. The molecule has 1 aromatic carbocycles. The van der Waals surface area contributed by atoms with Gasteiger partial charge in [-0.3, -0.25) is 14.3 Å². The van der Waals surface area contributed by atoms with Gasteiger partial charge in [-0.1, -0.05) is 23.7 Å². The predicted octanol–water partition coefficient (Wildman–Crippen LogP) is 1.59. The molecule has 2 N–H and O–H groups in total. The summed E-state index contributed by atoms with van der Waals surface area (Å²) in [4.78, 5) is 25.7. The average molecular weight is 291 g/mol. The third kappa shape index (κ3) is 2.60. The molecular formula is C14H11ClN2O3. The number of aromatic amines is 1. The molecule has 0 radical (unpaired) electrons. The fourth-order valence-corrected chi connectivity index (χ4v) is 2.04. The average Bonchev–Trinajstić information content (AvgIpc) is 2.38. The van der Waals surface area contributed by atoms with Crippen molar-refractivity contribution in [2.24, 2.45) is 0 Å². The Morgan fingerprint density at radius 2 is 2.15 bits per heavy atom. The molecule has 2 aromatic rings. The van der Waals surface area contributed by atoms with Gasteiger partial charge in [-0.2, -0.15) is 0 Å². The first kappa shape index (κ1) is 14.0. The molecule has 0 saturated heterocycles. The van der Waals surface area contributed by atoms with E-state index in [1.54, 1.807) is 18.2 Å². The summed E-state index contributed by atoms with van der Waals surface area (Å²) in [5, 5.41) is 10.6. The highest BCUT2D eigenvalue weighted by Gasteiger charge is 2.15. The smallest absolute Gasteiger partial charge is 0.331 e. The molecule has 1 heterocycles. The first-order valence-corrected chi connectivity index (χ1v) is 6.18. The number of rotatable bonds is 3. The van der Waals surface area contributed by atoms with E-state index in [2.05, 4.69) is 10.9 Å². The second-order valence-electron chi connectivity index (χ2n) is 4.07. The number of H-pyrrole nitrogens is 1. The Morgan fingerprint density at radius 3 is 2.80 bits per heavy atom.